The van der Waals surface area contributed by atoms with Crippen molar-refractivity contribution in [1.29, 1.82) is 0 Å². The molecule has 0 spiro atoms. The number of piperazine rings is 1. The molecule has 5 rings (SSSR count). The summed E-state index contributed by atoms with van der Waals surface area (Å²) in [6, 6.07) is 5.31. The van der Waals surface area contributed by atoms with Gasteiger partial charge in [0.15, 0.2) is 10.9 Å². The number of likely N-dealkylation sites (N-methyl/N-ethyl adjacent to an activating group) is 1. The first-order valence-electron chi connectivity index (χ1n) is 13.0. The van der Waals surface area contributed by atoms with Crippen LogP contribution in [-0.2, 0) is 14.3 Å². The van der Waals surface area contributed by atoms with Crippen LogP contribution >= 0.6 is 11.3 Å². The number of hydrogen-bond donors (Lipinski definition) is 2. The Morgan fingerprint density at radius 1 is 1.16 bits per heavy atom. The van der Waals surface area contributed by atoms with E-state index in [0.717, 1.165) is 42.6 Å². The molecule has 0 radical (unpaired) electrons. The molecule has 11 heteroatoms. The first kappa shape index (κ1) is 26.7. The predicted molar refractivity (Wildman–Crippen MR) is 146 cm³/mol. The molecule has 3 N–H and O–H groups in total. The lowest BCUT2D eigenvalue weighted by molar-refractivity contribution is -0.140. The van der Waals surface area contributed by atoms with Crippen LogP contribution in [0.1, 0.15) is 31.1 Å². The highest BCUT2D eigenvalue weighted by Gasteiger charge is 2.53. The normalized spacial score (nSPS) is 25.0. The molecule has 1 aromatic carbocycles. The van der Waals surface area contributed by atoms with Gasteiger partial charge in [0.25, 0.3) is 5.91 Å². The lowest BCUT2D eigenvalue weighted by Crippen LogP contribution is -2.57. The largest absolute Gasteiger partial charge is 0.366 e. The Bertz CT molecular complexity index is 1200. The molecule has 2 aromatic rings. The second-order valence-electron chi connectivity index (χ2n) is 11.5. The summed E-state index contributed by atoms with van der Waals surface area (Å²) >= 11 is 1.63. The van der Waals surface area contributed by atoms with Crippen LogP contribution in [0.4, 0.5) is 5.13 Å². The number of nitrogens with one attached hydrogen (secondary N) is 1. The summed E-state index contributed by atoms with van der Waals surface area (Å²) in [6.07, 6.45) is -0.488. The number of nitrogens with zero attached hydrogens (tertiary/aromatic N) is 4. The summed E-state index contributed by atoms with van der Waals surface area (Å²) in [6.45, 7) is 9.81. The molecule has 4 heterocycles. The number of benzene rings is 1. The van der Waals surface area contributed by atoms with E-state index in [-0.39, 0.29) is 30.7 Å². The number of rotatable bonds is 5. The fourth-order valence-electron chi connectivity index (χ4n) is 5.28. The zero-order chi connectivity index (χ0) is 27.2. The van der Waals surface area contributed by atoms with E-state index < -0.39 is 29.6 Å². The van der Waals surface area contributed by atoms with Gasteiger partial charge in [-0.25, -0.2) is 4.98 Å². The van der Waals surface area contributed by atoms with Crippen molar-refractivity contribution in [1.82, 2.24) is 20.1 Å². The molecule has 0 bridgehead atoms. The zero-order valence-electron chi connectivity index (χ0n) is 22.3. The molecule has 3 saturated heterocycles. The molecule has 204 valence electrons. The highest BCUT2D eigenvalue weighted by atomic mass is 32.1. The van der Waals surface area contributed by atoms with Crippen LogP contribution in [0.15, 0.2) is 29.6 Å². The number of ketones is 1. The zero-order valence-corrected chi connectivity index (χ0v) is 23.2. The van der Waals surface area contributed by atoms with Gasteiger partial charge in [-0.15, -0.1) is 11.3 Å². The van der Waals surface area contributed by atoms with E-state index in [4.69, 9.17) is 15.5 Å². The summed E-state index contributed by atoms with van der Waals surface area (Å²) in [5.74, 6) is -0.817. The predicted octanol–water partition coefficient (Wildman–Crippen LogP) is 1.21. The van der Waals surface area contributed by atoms with Gasteiger partial charge < -0.3 is 30.5 Å². The molecule has 0 saturated carbocycles. The van der Waals surface area contributed by atoms with Gasteiger partial charge in [-0.05, 0) is 24.6 Å². The summed E-state index contributed by atoms with van der Waals surface area (Å²) in [7, 11) is 2.13. The quantitative estimate of drug-likeness (QED) is 0.581. The molecule has 2 amide bonds. The Morgan fingerprint density at radius 3 is 2.50 bits per heavy atom. The highest BCUT2D eigenvalue weighted by molar-refractivity contribution is 7.14. The molecule has 10 nitrogen and oxygen atoms in total. The van der Waals surface area contributed by atoms with Gasteiger partial charge in [-0.1, -0.05) is 32.9 Å². The van der Waals surface area contributed by atoms with Crippen LogP contribution < -0.4 is 16.0 Å². The minimum absolute atomic E-state index is 0.0401. The van der Waals surface area contributed by atoms with Gasteiger partial charge >= 0.3 is 0 Å². The van der Waals surface area contributed by atoms with Gasteiger partial charge in [0.1, 0.15) is 24.8 Å². The Labute approximate surface area is 227 Å². The summed E-state index contributed by atoms with van der Waals surface area (Å²) in [5, 5.41) is 5.97. The molecule has 4 atom stereocenters. The lowest BCUT2D eigenvalue weighted by Gasteiger charge is -2.35. The second kappa shape index (κ2) is 10.4. The smallest absolute Gasteiger partial charge is 0.251 e. The first-order valence-corrected chi connectivity index (χ1v) is 13.9. The SMILES string of the molecule is CN1CCN(c2nc(-c3ccc(C(=O)N[C@H](C(=O)N4C[C@H](N)[C@H]5OCC(=O)[C@H]54)C(C)(C)C)cc3)cs2)CC1. The van der Waals surface area contributed by atoms with Gasteiger partial charge in [0.05, 0.1) is 11.7 Å². The maximum atomic E-state index is 13.6. The summed E-state index contributed by atoms with van der Waals surface area (Å²) in [4.78, 5) is 50.2. The van der Waals surface area contributed by atoms with Crippen molar-refractivity contribution in [3.05, 3.63) is 35.2 Å². The molecule has 3 aliphatic rings. The van der Waals surface area contributed by atoms with Crippen molar-refractivity contribution < 1.29 is 19.1 Å². The number of thiazole rings is 1. The van der Waals surface area contributed by atoms with Crippen LogP contribution in [0.3, 0.4) is 0 Å². The number of carbonyl (C=O) groups is 3. The number of carbonyl (C=O) groups excluding carboxylic acids is 3. The minimum atomic E-state index is -0.835. The molecular weight excluding hydrogens is 504 g/mol. The van der Waals surface area contributed by atoms with Crippen LogP contribution in [0.2, 0.25) is 0 Å². The van der Waals surface area contributed by atoms with E-state index in [2.05, 4.69) is 22.2 Å². The van der Waals surface area contributed by atoms with Crippen molar-refractivity contribution in [2.24, 2.45) is 11.1 Å². The van der Waals surface area contributed by atoms with Crippen LogP contribution in [0.25, 0.3) is 11.3 Å². The molecule has 0 aliphatic carbocycles. The summed E-state index contributed by atoms with van der Waals surface area (Å²) < 4.78 is 5.52. The van der Waals surface area contributed by atoms with Crippen molar-refractivity contribution in [2.45, 2.75) is 45.0 Å². The third-order valence-corrected chi connectivity index (χ3v) is 8.51. The van der Waals surface area contributed by atoms with Gasteiger partial charge in [0, 0.05) is 49.2 Å². The Balaban J connectivity index is 1.28. The van der Waals surface area contributed by atoms with Crippen molar-refractivity contribution in [3.8, 4) is 11.3 Å². The number of fused-ring (bicyclic) bond motifs is 1. The average molecular weight is 541 g/mol. The number of ether oxygens (including phenoxy) is 1. The van der Waals surface area contributed by atoms with Crippen LogP contribution in [-0.4, -0.2) is 103 Å². The Kier molecular flexibility index (Phi) is 7.29. The monoisotopic (exact) mass is 540 g/mol. The van der Waals surface area contributed by atoms with Crippen LogP contribution in [0.5, 0.6) is 0 Å². The van der Waals surface area contributed by atoms with Crippen molar-refractivity contribution in [3.63, 3.8) is 0 Å². The Hall–Kier alpha value is -2.86. The van der Waals surface area contributed by atoms with Crippen LogP contribution in [0, 0.1) is 5.41 Å². The molecule has 3 aliphatic heterocycles. The van der Waals surface area contributed by atoms with Gasteiger partial charge in [-0.3, -0.25) is 14.4 Å². The topological polar surface area (TPSA) is 121 Å². The molecular formula is C27H36N6O4S. The number of aromatic nitrogens is 1. The lowest BCUT2D eigenvalue weighted by atomic mass is 9.85. The second-order valence-corrected chi connectivity index (χ2v) is 12.3. The van der Waals surface area contributed by atoms with E-state index in [1.165, 1.54) is 4.90 Å². The number of anilines is 1. The van der Waals surface area contributed by atoms with E-state index in [0.29, 0.717) is 5.56 Å². The third-order valence-electron chi connectivity index (χ3n) is 7.60. The number of amides is 2. The maximum absolute atomic E-state index is 13.6. The van der Waals surface area contributed by atoms with Crippen molar-refractivity contribution >= 4 is 34.1 Å². The molecule has 38 heavy (non-hydrogen) atoms. The van der Waals surface area contributed by atoms with Gasteiger partial charge in [0.2, 0.25) is 5.91 Å². The standard InChI is InChI=1S/C27H36N6O4S/c1-27(2,3)23(25(36)33-13-18(28)22-21(33)20(34)14-37-22)30-24(35)17-7-5-16(6-8-17)19-15-38-26(29-19)32-11-9-31(4)10-12-32/h5-8,15,18,21-23H,9-14,28H2,1-4H3,(H,30,35)/t18-,21+,22+,23+/m0/s1. The number of hydrogen-bond acceptors (Lipinski definition) is 9. The van der Waals surface area contributed by atoms with E-state index in [1.54, 1.807) is 23.5 Å². The fraction of sp³-hybridized carbons (Fsp3) is 0.556. The minimum Gasteiger partial charge on any atom is -0.366 e. The van der Waals surface area contributed by atoms with E-state index in [9.17, 15) is 14.4 Å². The highest BCUT2D eigenvalue weighted by Crippen LogP contribution is 2.31. The maximum Gasteiger partial charge on any atom is 0.251 e. The van der Waals surface area contributed by atoms with Gasteiger partial charge in [-0.2, -0.15) is 0 Å². The first-order chi connectivity index (χ1) is 18.0. The third kappa shape index (κ3) is 5.20. The average Bonchev–Trinajstić information content (AvgIpc) is 3.60. The molecule has 1 aromatic heterocycles. The van der Waals surface area contributed by atoms with Crippen molar-refractivity contribution in [2.75, 3.05) is 51.3 Å². The summed E-state index contributed by atoms with van der Waals surface area (Å²) in [5.41, 5.74) is 7.82. The molecule has 3 fully saturated rings. The number of Topliss-reactive ketones (excluding diaryl/α,β-unsaturated/α-hetero) is 1. The fourth-order valence-corrected chi connectivity index (χ4v) is 6.17. The van der Waals surface area contributed by atoms with E-state index >= 15 is 0 Å². The number of nitrogens with two attached hydrogens (primary N) is 1. The Morgan fingerprint density at radius 2 is 1.84 bits per heavy atom. The van der Waals surface area contributed by atoms with E-state index in [1.807, 2.05) is 38.3 Å². The molecule has 0 unspecified atom stereocenters. The number of likely N-dealkylation sites (tertiary alicyclic amines) is 1.